The molecule has 2 N–H and O–H groups in total. The van der Waals surface area contributed by atoms with Crippen molar-refractivity contribution in [2.45, 2.75) is 32.4 Å². The topological polar surface area (TPSA) is 84.3 Å². The van der Waals surface area contributed by atoms with Crippen molar-refractivity contribution in [2.75, 3.05) is 13.8 Å². The molecule has 0 fully saturated rings. The first-order valence-corrected chi connectivity index (χ1v) is 9.90. The van der Waals surface area contributed by atoms with Gasteiger partial charge in [-0.3, -0.25) is 13.8 Å². The van der Waals surface area contributed by atoms with Crippen LogP contribution >= 0.6 is 11.6 Å². The number of ether oxygens (including phenoxy) is 1. The predicted molar refractivity (Wildman–Crippen MR) is 115 cm³/mol. The van der Waals surface area contributed by atoms with E-state index in [4.69, 9.17) is 16.3 Å². The number of hydrogen-bond acceptors (Lipinski definition) is 4. The molecule has 3 aromatic rings. The number of nitrogens with zero attached hydrogens (tertiary/aromatic N) is 1. The van der Waals surface area contributed by atoms with Crippen molar-refractivity contribution in [1.29, 1.82) is 0 Å². The summed E-state index contributed by atoms with van der Waals surface area (Å²) in [5.41, 5.74) is -0.781. The van der Waals surface area contributed by atoms with Crippen LogP contribution < -0.4 is 16.0 Å². The van der Waals surface area contributed by atoms with Crippen molar-refractivity contribution in [1.82, 2.24) is 9.55 Å². The predicted octanol–water partition coefficient (Wildman–Crippen LogP) is 3.30. The first-order valence-electron chi connectivity index (χ1n) is 9.52. The van der Waals surface area contributed by atoms with Crippen LogP contribution in [0.3, 0.4) is 0 Å². The molecule has 0 aliphatic heterocycles. The second-order valence-electron chi connectivity index (χ2n) is 7.75. The standard InChI is InChI=1S/C22H24ClFN2O4/c1-13(11-24)22(2,29)10-15-8-17-19(9-18(15)23)25-21(28)26(20(17)27)12-14-4-6-16(30-3)7-5-14/h4-9,13,29H,10-12H2,1-3H3,(H,25,28). The Morgan fingerprint density at radius 1 is 1.27 bits per heavy atom. The highest BCUT2D eigenvalue weighted by atomic mass is 35.5. The Labute approximate surface area is 177 Å². The van der Waals surface area contributed by atoms with Crippen LogP contribution in [-0.4, -0.2) is 34.0 Å². The lowest BCUT2D eigenvalue weighted by Crippen LogP contribution is -2.37. The number of H-pyrrole nitrogens is 1. The Balaban J connectivity index is 2.05. The molecular weight excluding hydrogens is 411 g/mol. The number of aliphatic hydroxyl groups is 1. The lowest BCUT2D eigenvalue weighted by Gasteiger charge is -2.29. The molecule has 0 aliphatic rings. The van der Waals surface area contributed by atoms with Crippen LogP contribution in [0.25, 0.3) is 10.9 Å². The molecular formula is C22H24ClFN2O4. The maximum Gasteiger partial charge on any atom is 0.329 e. The van der Waals surface area contributed by atoms with Crippen LogP contribution in [0.2, 0.25) is 5.02 Å². The normalized spacial score (nSPS) is 14.5. The third-order valence-electron chi connectivity index (χ3n) is 5.49. The Bertz CT molecular complexity index is 1170. The fraction of sp³-hybridized carbons (Fsp3) is 0.364. The Morgan fingerprint density at radius 2 is 1.93 bits per heavy atom. The van der Waals surface area contributed by atoms with E-state index >= 15 is 0 Å². The van der Waals surface area contributed by atoms with Crippen molar-refractivity contribution in [3.8, 4) is 5.75 Å². The molecule has 160 valence electrons. The SMILES string of the molecule is COc1ccc(Cn2c(=O)[nH]c3cc(Cl)c(CC(C)(O)C(C)CF)cc3c2=O)cc1. The smallest absolute Gasteiger partial charge is 0.329 e. The number of rotatable bonds is 7. The van der Waals surface area contributed by atoms with Gasteiger partial charge in [0.05, 0.1) is 36.8 Å². The third kappa shape index (κ3) is 4.42. The maximum atomic E-state index is 13.1. The third-order valence-corrected chi connectivity index (χ3v) is 5.84. The van der Waals surface area contributed by atoms with E-state index in [2.05, 4.69) is 4.98 Å². The highest BCUT2D eigenvalue weighted by Gasteiger charge is 2.29. The fourth-order valence-electron chi connectivity index (χ4n) is 3.24. The van der Waals surface area contributed by atoms with Gasteiger partial charge in [0.15, 0.2) is 0 Å². The molecule has 8 heteroatoms. The van der Waals surface area contributed by atoms with E-state index < -0.39 is 29.4 Å². The van der Waals surface area contributed by atoms with Gasteiger partial charge in [-0.15, -0.1) is 0 Å². The van der Waals surface area contributed by atoms with E-state index in [-0.39, 0.29) is 23.4 Å². The molecule has 1 aromatic heterocycles. The summed E-state index contributed by atoms with van der Waals surface area (Å²) in [6, 6.07) is 10.1. The van der Waals surface area contributed by atoms with Crippen LogP contribution in [-0.2, 0) is 13.0 Å². The monoisotopic (exact) mass is 434 g/mol. The number of aromatic amines is 1. The van der Waals surface area contributed by atoms with Crippen LogP contribution in [0, 0.1) is 5.92 Å². The number of halogens is 2. The molecule has 1 heterocycles. The van der Waals surface area contributed by atoms with Gasteiger partial charge in [-0.2, -0.15) is 0 Å². The quantitative estimate of drug-likeness (QED) is 0.597. The van der Waals surface area contributed by atoms with Gasteiger partial charge in [0.1, 0.15) is 5.75 Å². The minimum atomic E-state index is -1.34. The molecule has 0 saturated heterocycles. The van der Waals surface area contributed by atoms with Crippen LogP contribution in [0.5, 0.6) is 5.75 Å². The number of benzene rings is 2. The number of hydrogen-bond donors (Lipinski definition) is 2. The minimum Gasteiger partial charge on any atom is -0.497 e. The van der Waals surface area contributed by atoms with E-state index in [9.17, 15) is 19.1 Å². The summed E-state index contributed by atoms with van der Waals surface area (Å²) in [4.78, 5) is 28.2. The van der Waals surface area contributed by atoms with Crippen molar-refractivity contribution in [3.05, 3.63) is 73.4 Å². The lowest BCUT2D eigenvalue weighted by atomic mass is 9.85. The Kier molecular flexibility index (Phi) is 6.33. The summed E-state index contributed by atoms with van der Waals surface area (Å²) in [6.45, 7) is 2.55. The molecule has 3 rings (SSSR count). The molecule has 2 unspecified atom stereocenters. The molecule has 0 saturated carbocycles. The van der Waals surface area contributed by atoms with Gasteiger partial charge in [0, 0.05) is 17.4 Å². The molecule has 2 atom stereocenters. The molecule has 6 nitrogen and oxygen atoms in total. The zero-order chi connectivity index (χ0) is 22.1. The zero-order valence-corrected chi connectivity index (χ0v) is 17.8. The zero-order valence-electron chi connectivity index (χ0n) is 17.0. The fourth-order valence-corrected chi connectivity index (χ4v) is 3.47. The van der Waals surface area contributed by atoms with E-state index in [0.717, 1.165) is 10.1 Å². The van der Waals surface area contributed by atoms with Crippen LogP contribution in [0.4, 0.5) is 4.39 Å². The van der Waals surface area contributed by atoms with Crippen LogP contribution in [0.15, 0.2) is 46.0 Å². The van der Waals surface area contributed by atoms with Crippen molar-refractivity contribution < 1.29 is 14.2 Å². The molecule has 0 bridgehead atoms. The van der Waals surface area contributed by atoms with Gasteiger partial charge in [-0.05, 0) is 42.3 Å². The highest BCUT2D eigenvalue weighted by molar-refractivity contribution is 6.32. The summed E-state index contributed by atoms with van der Waals surface area (Å²) < 4.78 is 19.3. The minimum absolute atomic E-state index is 0.0733. The van der Waals surface area contributed by atoms with Gasteiger partial charge >= 0.3 is 5.69 Å². The molecule has 30 heavy (non-hydrogen) atoms. The van der Waals surface area contributed by atoms with Gasteiger partial charge in [0.2, 0.25) is 0 Å². The average molecular weight is 435 g/mol. The Morgan fingerprint density at radius 3 is 2.53 bits per heavy atom. The first-order chi connectivity index (χ1) is 14.2. The summed E-state index contributed by atoms with van der Waals surface area (Å²) >= 11 is 6.31. The van der Waals surface area contributed by atoms with Gasteiger partial charge in [-0.1, -0.05) is 30.7 Å². The van der Waals surface area contributed by atoms with Gasteiger partial charge in [-0.25, -0.2) is 4.79 Å². The number of methoxy groups -OCH3 is 1. The molecule has 0 aliphatic carbocycles. The largest absolute Gasteiger partial charge is 0.497 e. The number of fused-ring (bicyclic) bond motifs is 1. The van der Waals surface area contributed by atoms with E-state index in [0.29, 0.717) is 16.8 Å². The molecule has 0 amide bonds. The van der Waals surface area contributed by atoms with Crippen molar-refractivity contribution in [2.24, 2.45) is 5.92 Å². The summed E-state index contributed by atoms with van der Waals surface area (Å²) in [6.07, 6.45) is 0.0733. The molecule has 0 radical (unpaired) electrons. The van der Waals surface area contributed by atoms with Gasteiger partial charge < -0.3 is 14.8 Å². The Hall–Kier alpha value is -2.64. The van der Waals surface area contributed by atoms with Crippen molar-refractivity contribution >= 4 is 22.5 Å². The van der Waals surface area contributed by atoms with E-state index in [1.807, 2.05) is 0 Å². The number of aromatic nitrogens is 2. The maximum absolute atomic E-state index is 13.1. The average Bonchev–Trinajstić information content (AvgIpc) is 2.72. The lowest BCUT2D eigenvalue weighted by molar-refractivity contribution is -0.00258. The molecule has 2 aromatic carbocycles. The number of alkyl halides is 1. The summed E-state index contributed by atoms with van der Waals surface area (Å²) in [7, 11) is 1.56. The van der Waals surface area contributed by atoms with Gasteiger partial charge in [0.25, 0.3) is 5.56 Å². The van der Waals surface area contributed by atoms with Crippen LogP contribution in [0.1, 0.15) is 25.0 Å². The first kappa shape index (κ1) is 22.1. The summed E-state index contributed by atoms with van der Waals surface area (Å²) in [5.74, 6) is 0.0685. The molecule has 0 spiro atoms. The van der Waals surface area contributed by atoms with E-state index in [1.165, 1.54) is 13.0 Å². The van der Waals surface area contributed by atoms with E-state index in [1.54, 1.807) is 44.4 Å². The second-order valence-corrected chi connectivity index (χ2v) is 8.16. The number of nitrogens with one attached hydrogen (secondary N) is 1. The highest BCUT2D eigenvalue weighted by Crippen LogP contribution is 2.28. The summed E-state index contributed by atoms with van der Waals surface area (Å²) in [5, 5.41) is 11.1. The van der Waals surface area contributed by atoms with Crippen molar-refractivity contribution in [3.63, 3.8) is 0 Å². The second kappa shape index (κ2) is 8.62.